The number of phenolic OH excluding ortho intramolecular Hbond substituents is 1. The van der Waals surface area contributed by atoms with Gasteiger partial charge in [0.15, 0.2) is 5.82 Å². The van der Waals surface area contributed by atoms with Gasteiger partial charge in [-0.05, 0) is 24.3 Å². The van der Waals surface area contributed by atoms with Gasteiger partial charge in [-0.1, -0.05) is 0 Å². The Kier molecular flexibility index (Phi) is 3.20. The van der Waals surface area contributed by atoms with E-state index in [4.69, 9.17) is 0 Å². The van der Waals surface area contributed by atoms with Crippen LogP contribution >= 0.6 is 0 Å². The van der Waals surface area contributed by atoms with E-state index in [9.17, 15) is 18.3 Å². The van der Waals surface area contributed by atoms with Gasteiger partial charge in [0.2, 0.25) is 0 Å². The third-order valence-corrected chi connectivity index (χ3v) is 2.82. The normalized spacial score (nSPS) is 14.3. The van der Waals surface area contributed by atoms with Gasteiger partial charge in [0.25, 0.3) is 0 Å². The number of benzene rings is 1. The first-order chi connectivity index (χ1) is 10.5. The maximum atomic E-state index is 12.8. The predicted molar refractivity (Wildman–Crippen MR) is 71.1 cm³/mol. The average Bonchev–Trinajstić information content (AvgIpc) is 2.97. The summed E-state index contributed by atoms with van der Waals surface area (Å²) < 4.78 is 38.5. The van der Waals surface area contributed by atoms with Crippen LogP contribution in [0.2, 0.25) is 0 Å². The lowest BCUT2D eigenvalue weighted by molar-refractivity contribution is -0.218. The number of alkyl halides is 3. The largest absolute Gasteiger partial charge is 0.506 e. The van der Waals surface area contributed by atoms with Crippen molar-refractivity contribution >= 4 is 12.0 Å². The molecule has 22 heavy (non-hydrogen) atoms. The Morgan fingerprint density at radius 1 is 1.14 bits per heavy atom. The summed E-state index contributed by atoms with van der Waals surface area (Å²) in [6.07, 6.45) is -1.07. The van der Waals surface area contributed by atoms with Crippen molar-refractivity contribution in [2.45, 2.75) is 6.30 Å². The second-order valence-electron chi connectivity index (χ2n) is 4.24. The molecule has 0 bridgehead atoms. The maximum Gasteiger partial charge on any atom is 0.505 e. The zero-order valence-corrected chi connectivity index (χ0v) is 10.9. The SMILES string of the molecule is Oc1cc(-c2ncccn2)ccc1N1NN=CN1C(F)(F)F. The molecular formula is C12H9F3N6O. The van der Waals surface area contributed by atoms with Crippen LogP contribution in [0.1, 0.15) is 0 Å². The van der Waals surface area contributed by atoms with Crippen molar-refractivity contribution in [3.8, 4) is 17.1 Å². The zero-order chi connectivity index (χ0) is 15.7. The summed E-state index contributed by atoms with van der Waals surface area (Å²) in [7, 11) is 0. The number of nitrogens with one attached hydrogen (secondary N) is 1. The van der Waals surface area contributed by atoms with E-state index in [0.29, 0.717) is 22.8 Å². The highest BCUT2D eigenvalue weighted by atomic mass is 19.4. The fourth-order valence-electron chi connectivity index (χ4n) is 1.87. The molecule has 0 radical (unpaired) electrons. The lowest BCUT2D eigenvalue weighted by atomic mass is 10.1. The molecule has 2 heterocycles. The monoisotopic (exact) mass is 310 g/mol. The van der Waals surface area contributed by atoms with Gasteiger partial charge in [-0.2, -0.15) is 15.7 Å². The fraction of sp³-hybridized carbons (Fsp3) is 0.0833. The molecule has 0 saturated carbocycles. The molecule has 0 aliphatic carbocycles. The molecule has 0 amide bonds. The Balaban J connectivity index is 1.93. The molecule has 2 aromatic rings. The summed E-state index contributed by atoms with van der Waals surface area (Å²) in [5.41, 5.74) is 2.50. The maximum absolute atomic E-state index is 12.8. The molecular weight excluding hydrogens is 301 g/mol. The van der Waals surface area contributed by atoms with Crippen molar-refractivity contribution in [3.05, 3.63) is 36.7 Å². The minimum absolute atomic E-state index is 0.0965. The van der Waals surface area contributed by atoms with Crippen molar-refractivity contribution in [3.63, 3.8) is 0 Å². The van der Waals surface area contributed by atoms with E-state index in [0.717, 1.165) is 0 Å². The van der Waals surface area contributed by atoms with Gasteiger partial charge < -0.3 is 5.11 Å². The Hall–Kier alpha value is -3.04. The van der Waals surface area contributed by atoms with Crippen LogP contribution in [-0.2, 0) is 0 Å². The van der Waals surface area contributed by atoms with E-state index in [2.05, 4.69) is 20.6 Å². The first-order valence-corrected chi connectivity index (χ1v) is 6.02. The van der Waals surface area contributed by atoms with Gasteiger partial charge >= 0.3 is 6.30 Å². The number of aromatic hydroxyl groups is 1. The number of nitrogens with zero attached hydrogens (tertiary/aromatic N) is 5. The van der Waals surface area contributed by atoms with E-state index in [1.54, 1.807) is 6.07 Å². The molecule has 0 spiro atoms. The number of hydrazine groups is 2. The average molecular weight is 310 g/mol. The number of hydrogen-bond donors (Lipinski definition) is 2. The summed E-state index contributed by atoms with van der Waals surface area (Å²) in [4.78, 5) is 8.01. The van der Waals surface area contributed by atoms with Gasteiger partial charge in [-0.25, -0.2) is 9.97 Å². The Bertz CT molecular complexity index is 706. The summed E-state index contributed by atoms with van der Waals surface area (Å²) in [5.74, 6) is -0.0279. The zero-order valence-electron chi connectivity index (χ0n) is 10.9. The quantitative estimate of drug-likeness (QED) is 0.825. The van der Waals surface area contributed by atoms with Gasteiger partial charge in [0.05, 0.1) is 0 Å². The molecule has 10 heteroatoms. The first kappa shape index (κ1) is 13.9. The highest BCUT2D eigenvalue weighted by Crippen LogP contribution is 2.34. The highest BCUT2D eigenvalue weighted by molar-refractivity contribution is 5.70. The fourth-order valence-corrected chi connectivity index (χ4v) is 1.87. The van der Waals surface area contributed by atoms with Gasteiger partial charge in [0, 0.05) is 18.0 Å². The topological polar surface area (TPSA) is 76.9 Å². The molecule has 0 unspecified atom stereocenters. The van der Waals surface area contributed by atoms with Gasteiger partial charge in [0.1, 0.15) is 17.8 Å². The highest BCUT2D eigenvalue weighted by Gasteiger charge is 2.43. The van der Waals surface area contributed by atoms with Gasteiger partial charge in [-0.3, -0.25) is 0 Å². The number of anilines is 1. The van der Waals surface area contributed by atoms with Crippen molar-refractivity contribution in [1.29, 1.82) is 0 Å². The van der Waals surface area contributed by atoms with Crippen LogP contribution in [-0.4, -0.2) is 32.7 Å². The van der Waals surface area contributed by atoms with Gasteiger partial charge in [-0.15, -0.1) is 18.3 Å². The summed E-state index contributed by atoms with van der Waals surface area (Å²) >= 11 is 0. The third kappa shape index (κ3) is 2.45. The lowest BCUT2D eigenvalue weighted by Gasteiger charge is -2.29. The molecule has 1 aromatic carbocycles. The number of rotatable bonds is 2. The summed E-state index contributed by atoms with van der Waals surface area (Å²) in [5, 5.41) is 13.8. The first-order valence-electron chi connectivity index (χ1n) is 6.02. The molecule has 2 N–H and O–H groups in total. The number of phenols is 1. The Morgan fingerprint density at radius 2 is 1.86 bits per heavy atom. The third-order valence-electron chi connectivity index (χ3n) is 2.82. The van der Waals surface area contributed by atoms with E-state index >= 15 is 0 Å². The van der Waals surface area contributed by atoms with Crippen LogP contribution in [0.3, 0.4) is 0 Å². The molecule has 7 nitrogen and oxygen atoms in total. The minimum Gasteiger partial charge on any atom is -0.506 e. The van der Waals surface area contributed by atoms with Crippen molar-refractivity contribution in [2.24, 2.45) is 5.10 Å². The van der Waals surface area contributed by atoms with Crippen molar-refractivity contribution in [1.82, 2.24) is 20.5 Å². The molecule has 114 valence electrons. The molecule has 0 fully saturated rings. The smallest absolute Gasteiger partial charge is 0.505 e. The molecule has 1 aliphatic rings. The Labute approximate surface area is 122 Å². The summed E-state index contributed by atoms with van der Waals surface area (Å²) in [6.45, 7) is 0. The number of hydrogen-bond acceptors (Lipinski definition) is 7. The van der Waals surface area contributed by atoms with Crippen LogP contribution in [0.25, 0.3) is 11.4 Å². The summed E-state index contributed by atoms with van der Waals surface area (Å²) in [6, 6.07) is 5.71. The van der Waals surface area contributed by atoms with Crippen molar-refractivity contribution in [2.75, 3.05) is 5.12 Å². The number of halogens is 3. The second kappa shape index (κ2) is 5.06. The van der Waals surface area contributed by atoms with Crippen LogP contribution in [0, 0.1) is 0 Å². The van der Waals surface area contributed by atoms with Crippen molar-refractivity contribution < 1.29 is 18.3 Å². The number of aromatic nitrogens is 2. The van der Waals surface area contributed by atoms with Crippen LogP contribution in [0.4, 0.5) is 18.9 Å². The molecule has 0 saturated heterocycles. The van der Waals surface area contributed by atoms with E-state index in [1.807, 2.05) is 0 Å². The Morgan fingerprint density at radius 3 is 2.50 bits per heavy atom. The van der Waals surface area contributed by atoms with E-state index < -0.39 is 6.30 Å². The number of hydrazone groups is 1. The van der Waals surface area contributed by atoms with Crippen LogP contribution in [0.15, 0.2) is 41.8 Å². The van der Waals surface area contributed by atoms with Crippen LogP contribution < -0.4 is 10.7 Å². The minimum atomic E-state index is -4.68. The van der Waals surface area contributed by atoms with E-state index in [-0.39, 0.29) is 16.4 Å². The lowest BCUT2D eigenvalue weighted by Crippen LogP contribution is -2.50. The van der Waals surface area contributed by atoms with Crippen LogP contribution in [0.5, 0.6) is 5.75 Å². The molecule has 1 aliphatic heterocycles. The molecule has 0 atom stereocenters. The predicted octanol–water partition coefficient (Wildman–Crippen LogP) is 1.85. The molecule has 1 aromatic heterocycles. The molecule has 3 rings (SSSR count). The van der Waals surface area contributed by atoms with E-state index in [1.165, 1.54) is 30.6 Å². The standard InChI is InChI=1S/C12H9F3N6O/c13-12(14,15)20-7-18-19-21(20)9-3-2-8(6-10(9)22)11-16-4-1-5-17-11/h1-7,19,22H. The second-order valence-corrected chi connectivity index (χ2v) is 4.24.